The molecular weight excluding hydrogens is 899 g/mol. The second-order valence-corrected chi connectivity index (χ2v) is 19.2. The highest BCUT2D eigenvalue weighted by Gasteiger charge is 2.46. The second kappa shape index (κ2) is 17.9. The van der Waals surface area contributed by atoms with Crippen LogP contribution in [0.25, 0.3) is 94.6 Å². The minimum absolute atomic E-state index is 0.482. The highest BCUT2D eigenvalue weighted by molar-refractivity contribution is 6.12. The van der Waals surface area contributed by atoms with E-state index in [0.29, 0.717) is 18.2 Å². The summed E-state index contributed by atoms with van der Waals surface area (Å²) in [6, 6.07) is 90.5. The Balaban J connectivity index is 0.897. The van der Waals surface area contributed by atoms with Crippen molar-refractivity contribution in [3.05, 3.63) is 307 Å². The lowest BCUT2D eigenvalue weighted by Crippen LogP contribution is -2.28. The molecule has 12 aromatic rings. The zero-order valence-electron chi connectivity index (χ0n) is 40.4. The van der Waals surface area contributed by atoms with Crippen LogP contribution in [-0.4, -0.2) is 14.8 Å². The molecular formula is C70H47N3O. The van der Waals surface area contributed by atoms with Crippen molar-refractivity contribution in [3.8, 4) is 61.6 Å². The van der Waals surface area contributed by atoms with Crippen LogP contribution in [0.1, 0.15) is 40.1 Å². The summed E-state index contributed by atoms with van der Waals surface area (Å²) in [5, 5.41) is 11.2. The van der Waals surface area contributed by atoms with E-state index in [2.05, 4.69) is 257 Å². The third kappa shape index (κ3) is 7.06. The molecule has 2 heterocycles. The first-order valence-electron chi connectivity index (χ1n) is 25.4. The summed E-state index contributed by atoms with van der Waals surface area (Å²) >= 11 is 0. The van der Waals surface area contributed by atoms with Gasteiger partial charge in [0.1, 0.15) is 0 Å². The number of hydrogen-bond acceptors (Lipinski definition) is 3. The average molecular weight is 946 g/mol. The quantitative estimate of drug-likeness (QED) is 0.145. The highest BCUT2D eigenvalue weighted by Crippen LogP contribution is 2.57. The number of fused-ring (bicyclic) bond motifs is 6. The van der Waals surface area contributed by atoms with Crippen molar-refractivity contribution >= 4 is 33.0 Å². The smallest absolute Gasteiger partial charge is 0.248 e. The Morgan fingerprint density at radius 3 is 1.59 bits per heavy atom. The molecule has 0 N–H and O–H groups in total. The summed E-state index contributed by atoms with van der Waals surface area (Å²) in [6.07, 6.45) is 9.38. The van der Waals surface area contributed by atoms with Crippen molar-refractivity contribution in [2.45, 2.75) is 11.8 Å². The fraction of sp³-hybridized carbons (Fsp3) is 0.0286. The summed E-state index contributed by atoms with van der Waals surface area (Å²) in [5.74, 6) is 1.05. The Kier molecular flexibility index (Phi) is 10.4. The number of aromatic nitrogens is 3. The molecule has 10 aromatic carbocycles. The predicted molar refractivity (Wildman–Crippen MR) is 304 cm³/mol. The van der Waals surface area contributed by atoms with Crippen molar-refractivity contribution in [1.82, 2.24) is 14.8 Å². The van der Waals surface area contributed by atoms with Crippen LogP contribution in [0.4, 0.5) is 0 Å². The average Bonchev–Trinajstić information content (AvgIpc) is 4.12. The maximum Gasteiger partial charge on any atom is 0.248 e. The van der Waals surface area contributed by atoms with Crippen molar-refractivity contribution in [3.63, 3.8) is 0 Å². The summed E-state index contributed by atoms with van der Waals surface area (Å²) in [4.78, 5) is 0. The third-order valence-electron chi connectivity index (χ3n) is 15.2. The molecule has 2 aromatic heterocycles. The lowest BCUT2D eigenvalue weighted by Gasteiger charge is -2.34. The molecule has 74 heavy (non-hydrogen) atoms. The van der Waals surface area contributed by atoms with Gasteiger partial charge in [0, 0.05) is 27.6 Å². The van der Waals surface area contributed by atoms with Crippen LogP contribution in [0.15, 0.2) is 277 Å². The Bertz CT molecular complexity index is 4160. The van der Waals surface area contributed by atoms with E-state index in [9.17, 15) is 0 Å². The number of hydrogen-bond donors (Lipinski definition) is 0. The Morgan fingerprint density at radius 2 is 0.892 bits per heavy atom. The van der Waals surface area contributed by atoms with Gasteiger partial charge in [0.25, 0.3) is 0 Å². The molecule has 0 radical (unpaired) electrons. The minimum atomic E-state index is -0.482. The van der Waals surface area contributed by atoms with Crippen LogP contribution in [0.2, 0.25) is 0 Å². The lowest BCUT2D eigenvalue weighted by atomic mass is 9.67. The van der Waals surface area contributed by atoms with Crippen LogP contribution < -0.4 is 0 Å². The first kappa shape index (κ1) is 43.2. The molecule has 14 rings (SSSR count). The van der Waals surface area contributed by atoms with Gasteiger partial charge in [0.05, 0.1) is 16.4 Å². The van der Waals surface area contributed by atoms with E-state index < -0.39 is 5.41 Å². The second-order valence-electron chi connectivity index (χ2n) is 19.2. The van der Waals surface area contributed by atoms with Gasteiger partial charge in [0.2, 0.25) is 11.8 Å². The molecule has 0 aliphatic heterocycles. The fourth-order valence-corrected chi connectivity index (χ4v) is 11.8. The van der Waals surface area contributed by atoms with Gasteiger partial charge in [0.15, 0.2) is 0 Å². The number of benzene rings is 10. The summed E-state index contributed by atoms with van der Waals surface area (Å²) in [6.45, 7) is 0. The van der Waals surface area contributed by atoms with E-state index >= 15 is 0 Å². The lowest BCUT2D eigenvalue weighted by molar-refractivity contribution is 0.551. The normalized spacial score (nSPS) is 13.6. The Labute approximate surface area is 430 Å². The van der Waals surface area contributed by atoms with E-state index in [1.165, 1.54) is 71.9 Å². The Morgan fingerprint density at radius 1 is 0.378 bits per heavy atom. The molecule has 4 nitrogen and oxygen atoms in total. The zero-order chi connectivity index (χ0) is 49.0. The SMILES string of the molecule is C1=CC(c2ccccc2-c2ccccc2-c2ccc3c(c2)c2cc(-c4ccc5c(c4)C(c4ccccc4)(c4ccccc4)c4ccccc4-5)ccc2n3-c2ccccc2)=CC=C(c2nnc(-c3ccccc3)o2)C1. The predicted octanol–water partition coefficient (Wildman–Crippen LogP) is 17.6. The maximum absolute atomic E-state index is 6.19. The summed E-state index contributed by atoms with van der Waals surface area (Å²) < 4.78 is 8.60. The van der Waals surface area contributed by atoms with Gasteiger partial charge in [-0.25, -0.2) is 0 Å². The van der Waals surface area contributed by atoms with Gasteiger partial charge in [-0.05, 0) is 139 Å². The van der Waals surface area contributed by atoms with Crippen LogP contribution in [0.3, 0.4) is 0 Å². The molecule has 4 heteroatoms. The first-order chi connectivity index (χ1) is 36.7. The van der Waals surface area contributed by atoms with Gasteiger partial charge in [-0.3, -0.25) is 0 Å². The van der Waals surface area contributed by atoms with Gasteiger partial charge in [-0.2, -0.15) is 0 Å². The molecule has 0 fully saturated rings. The number of rotatable bonds is 9. The van der Waals surface area contributed by atoms with E-state index in [1.807, 2.05) is 30.3 Å². The molecule has 2 aliphatic carbocycles. The molecule has 0 saturated heterocycles. The number of allylic oxidation sites excluding steroid dienone is 6. The standard InChI is InChI=1S/C70H47N3O/c1-5-20-48(21-6-1)68-71-72-69(74-68)49-23-19-22-47(36-37-49)56-30-13-15-32-58(56)59-33-16-14-31-57(59)52-40-43-67-63(45-52)62-44-50(39-42-66(62)73(67)55-28-11-4-12-29-55)51-38-41-61-60-34-17-18-35-64(60)70(65(61)46-51,53-24-7-2-8-25-53)54-26-9-3-10-27-54/h1-22,24-46H,23H2. The van der Waals surface area contributed by atoms with Gasteiger partial charge in [-0.1, -0.05) is 218 Å². The van der Waals surface area contributed by atoms with Crippen molar-refractivity contribution in [1.29, 1.82) is 0 Å². The van der Waals surface area contributed by atoms with Gasteiger partial charge < -0.3 is 8.98 Å². The van der Waals surface area contributed by atoms with E-state index in [1.54, 1.807) is 0 Å². The zero-order valence-corrected chi connectivity index (χ0v) is 40.4. The van der Waals surface area contributed by atoms with E-state index in [0.717, 1.165) is 44.6 Å². The van der Waals surface area contributed by atoms with Crippen LogP contribution in [-0.2, 0) is 5.41 Å². The molecule has 348 valence electrons. The third-order valence-corrected chi connectivity index (χ3v) is 15.2. The topological polar surface area (TPSA) is 43.9 Å². The molecule has 0 atom stereocenters. The first-order valence-corrected chi connectivity index (χ1v) is 25.4. The summed E-state index contributed by atoms with van der Waals surface area (Å²) in [7, 11) is 0. The number of para-hydroxylation sites is 1. The molecule has 0 saturated carbocycles. The molecule has 0 bridgehead atoms. The molecule has 0 amide bonds. The molecule has 0 unspecified atom stereocenters. The monoisotopic (exact) mass is 945 g/mol. The largest absolute Gasteiger partial charge is 0.416 e. The minimum Gasteiger partial charge on any atom is -0.416 e. The fourth-order valence-electron chi connectivity index (χ4n) is 11.8. The maximum atomic E-state index is 6.19. The van der Waals surface area contributed by atoms with E-state index in [-0.39, 0.29) is 0 Å². The van der Waals surface area contributed by atoms with Gasteiger partial charge >= 0.3 is 0 Å². The van der Waals surface area contributed by atoms with Gasteiger partial charge in [-0.15, -0.1) is 10.2 Å². The van der Waals surface area contributed by atoms with Crippen molar-refractivity contribution in [2.75, 3.05) is 0 Å². The van der Waals surface area contributed by atoms with Crippen LogP contribution in [0, 0.1) is 0 Å². The van der Waals surface area contributed by atoms with Crippen LogP contribution in [0.5, 0.6) is 0 Å². The number of nitrogens with zero attached hydrogens (tertiary/aromatic N) is 3. The molecule has 0 spiro atoms. The summed E-state index contributed by atoms with van der Waals surface area (Å²) in [5.41, 5.74) is 21.8. The van der Waals surface area contributed by atoms with E-state index in [4.69, 9.17) is 4.42 Å². The highest BCUT2D eigenvalue weighted by atomic mass is 16.4. The Hall–Kier alpha value is -9.64. The van der Waals surface area contributed by atoms with Crippen molar-refractivity contribution < 1.29 is 4.42 Å². The van der Waals surface area contributed by atoms with Crippen molar-refractivity contribution in [2.24, 2.45) is 0 Å². The molecule has 2 aliphatic rings. The van der Waals surface area contributed by atoms with Crippen LogP contribution >= 0.6 is 0 Å².